The van der Waals surface area contributed by atoms with Gasteiger partial charge in [0.25, 0.3) is 0 Å². The fraction of sp³-hybridized carbons (Fsp3) is 0.167. The van der Waals surface area contributed by atoms with Gasteiger partial charge in [0.05, 0.1) is 6.04 Å². The third-order valence-corrected chi connectivity index (χ3v) is 3.33. The van der Waals surface area contributed by atoms with Gasteiger partial charge < -0.3 is 5.32 Å². The minimum absolute atomic E-state index is 0.167. The lowest BCUT2D eigenvalue weighted by atomic mass is 10.1. The van der Waals surface area contributed by atoms with Gasteiger partial charge in [-0.3, -0.25) is 4.79 Å². The molecule has 0 spiro atoms. The number of nitrogens with one attached hydrogen (secondary N) is 1. The molecular weight excluding hydrogens is 265 g/mol. The van der Waals surface area contributed by atoms with Crippen LogP contribution in [0.1, 0.15) is 29.7 Å². The Morgan fingerprint density at radius 2 is 1.81 bits per heavy atom. The van der Waals surface area contributed by atoms with Crippen LogP contribution in [0.4, 0.5) is 4.39 Å². The van der Waals surface area contributed by atoms with Crippen molar-refractivity contribution >= 4 is 12.0 Å². The van der Waals surface area contributed by atoms with Gasteiger partial charge in [0.1, 0.15) is 5.82 Å². The van der Waals surface area contributed by atoms with Gasteiger partial charge in [-0.25, -0.2) is 4.39 Å². The molecule has 2 aromatic rings. The molecule has 0 fully saturated rings. The zero-order chi connectivity index (χ0) is 15.2. The number of hydrogen-bond acceptors (Lipinski definition) is 1. The predicted molar refractivity (Wildman–Crippen MR) is 83.2 cm³/mol. The van der Waals surface area contributed by atoms with Gasteiger partial charge in [0, 0.05) is 6.08 Å². The van der Waals surface area contributed by atoms with Gasteiger partial charge in [-0.05, 0) is 48.7 Å². The van der Waals surface area contributed by atoms with Crippen LogP contribution >= 0.6 is 0 Å². The number of hydrogen-bond donors (Lipinski definition) is 1. The van der Waals surface area contributed by atoms with E-state index in [1.54, 1.807) is 18.2 Å². The summed E-state index contributed by atoms with van der Waals surface area (Å²) in [5.74, 6) is -0.452. The number of rotatable bonds is 4. The molecule has 21 heavy (non-hydrogen) atoms. The minimum atomic E-state index is -0.281. The van der Waals surface area contributed by atoms with Crippen LogP contribution in [-0.4, -0.2) is 5.91 Å². The fourth-order valence-corrected chi connectivity index (χ4v) is 2.04. The Morgan fingerprint density at radius 3 is 2.48 bits per heavy atom. The van der Waals surface area contributed by atoms with Crippen molar-refractivity contribution in [1.82, 2.24) is 5.32 Å². The molecule has 0 aliphatic heterocycles. The molecular formula is C18H18FNO. The van der Waals surface area contributed by atoms with Crippen molar-refractivity contribution in [3.63, 3.8) is 0 Å². The summed E-state index contributed by atoms with van der Waals surface area (Å²) in [7, 11) is 0. The number of benzene rings is 2. The van der Waals surface area contributed by atoms with Crippen LogP contribution in [0, 0.1) is 12.7 Å². The van der Waals surface area contributed by atoms with E-state index in [0.29, 0.717) is 0 Å². The smallest absolute Gasteiger partial charge is 0.244 e. The Kier molecular flexibility index (Phi) is 4.88. The first-order valence-electron chi connectivity index (χ1n) is 6.86. The van der Waals surface area contributed by atoms with E-state index in [9.17, 15) is 9.18 Å². The average Bonchev–Trinajstić information content (AvgIpc) is 2.47. The molecule has 0 bridgehead atoms. The van der Waals surface area contributed by atoms with Crippen LogP contribution in [0.15, 0.2) is 54.6 Å². The maximum atomic E-state index is 12.9. The first kappa shape index (κ1) is 15.0. The summed E-state index contributed by atoms with van der Waals surface area (Å²) in [4.78, 5) is 11.9. The molecule has 0 aliphatic carbocycles. The van der Waals surface area contributed by atoms with Crippen molar-refractivity contribution in [1.29, 1.82) is 0 Å². The summed E-state index contributed by atoms with van der Waals surface area (Å²) < 4.78 is 12.9. The van der Waals surface area contributed by atoms with Crippen LogP contribution in [0.5, 0.6) is 0 Å². The summed E-state index contributed by atoms with van der Waals surface area (Å²) >= 11 is 0. The summed E-state index contributed by atoms with van der Waals surface area (Å²) in [6, 6.07) is 13.8. The highest BCUT2D eigenvalue weighted by atomic mass is 19.1. The van der Waals surface area contributed by atoms with Crippen molar-refractivity contribution in [3.05, 3.63) is 77.1 Å². The van der Waals surface area contributed by atoms with Crippen LogP contribution in [0.3, 0.4) is 0 Å². The number of carbonyl (C=O) groups excluding carboxylic acids is 1. The van der Waals surface area contributed by atoms with Gasteiger partial charge in [-0.2, -0.15) is 0 Å². The second kappa shape index (κ2) is 6.84. The molecule has 2 rings (SSSR count). The van der Waals surface area contributed by atoms with E-state index in [-0.39, 0.29) is 17.8 Å². The Hall–Kier alpha value is -2.42. The number of aryl methyl sites for hydroxylation is 1. The molecule has 2 aromatic carbocycles. The van der Waals surface area contributed by atoms with Crippen molar-refractivity contribution in [2.45, 2.75) is 19.9 Å². The lowest BCUT2D eigenvalue weighted by Crippen LogP contribution is -2.24. The number of amides is 1. The normalized spacial score (nSPS) is 12.3. The minimum Gasteiger partial charge on any atom is -0.346 e. The standard InChI is InChI=1S/C18H18FNO/c1-13-5-3-4-6-15(13)9-12-18(21)20-14(2)16-7-10-17(19)11-8-16/h3-12,14H,1-2H3,(H,20,21)/b12-9+/t14-/m1/s1. The first-order valence-corrected chi connectivity index (χ1v) is 6.86. The van der Waals surface area contributed by atoms with E-state index >= 15 is 0 Å². The van der Waals surface area contributed by atoms with Crippen LogP contribution < -0.4 is 5.32 Å². The van der Waals surface area contributed by atoms with Crippen LogP contribution in [-0.2, 0) is 4.79 Å². The van der Waals surface area contributed by atoms with Gasteiger partial charge in [-0.15, -0.1) is 0 Å². The molecule has 0 aromatic heterocycles. The van der Waals surface area contributed by atoms with E-state index in [2.05, 4.69) is 5.32 Å². The van der Waals surface area contributed by atoms with Gasteiger partial charge in [0.2, 0.25) is 5.91 Å². The quantitative estimate of drug-likeness (QED) is 0.843. The van der Waals surface area contributed by atoms with Crippen LogP contribution in [0.25, 0.3) is 6.08 Å². The van der Waals surface area contributed by atoms with E-state index in [0.717, 1.165) is 16.7 Å². The average molecular weight is 283 g/mol. The molecule has 1 amide bonds. The largest absolute Gasteiger partial charge is 0.346 e. The monoisotopic (exact) mass is 283 g/mol. The lowest BCUT2D eigenvalue weighted by molar-refractivity contribution is -0.117. The Morgan fingerprint density at radius 1 is 1.14 bits per heavy atom. The second-order valence-electron chi connectivity index (χ2n) is 4.97. The van der Waals surface area contributed by atoms with E-state index in [1.807, 2.05) is 38.1 Å². The van der Waals surface area contributed by atoms with Gasteiger partial charge >= 0.3 is 0 Å². The molecule has 0 saturated carbocycles. The Bertz CT molecular complexity index is 647. The summed E-state index contributed by atoms with van der Waals surface area (Å²) in [6.07, 6.45) is 3.31. The maximum absolute atomic E-state index is 12.9. The van der Waals surface area contributed by atoms with E-state index in [1.165, 1.54) is 18.2 Å². The van der Waals surface area contributed by atoms with Crippen molar-refractivity contribution in [2.75, 3.05) is 0 Å². The highest BCUT2D eigenvalue weighted by Gasteiger charge is 2.07. The molecule has 108 valence electrons. The van der Waals surface area contributed by atoms with Gasteiger partial charge in [-0.1, -0.05) is 36.4 Å². The third-order valence-electron chi connectivity index (χ3n) is 3.33. The molecule has 1 N–H and O–H groups in total. The number of carbonyl (C=O) groups is 1. The molecule has 2 nitrogen and oxygen atoms in total. The zero-order valence-corrected chi connectivity index (χ0v) is 12.1. The van der Waals surface area contributed by atoms with Crippen molar-refractivity contribution in [2.24, 2.45) is 0 Å². The molecule has 1 atom stereocenters. The SMILES string of the molecule is Cc1ccccc1/C=C/C(=O)N[C@H](C)c1ccc(F)cc1. The molecule has 0 saturated heterocycles. The Labute approximate surface area is 124 Å². The van der Waals surface area contributed by atoms with Crippen LogP contribution in [0.2, 0.25) is 0 Å². The molecule has 0 heterocycles. The van der Waals surface area contributed by atoms with Crippen molar-refractivity contribution < 1.29 is 9.18 Å². The maximum Gasteiger partial charge on any atom is 0.244 e. The molecule has 3 heteroatoms. The second-order valence-corrected chi connectivity index (χ2v) is 4.97. The van der Waals surface area contributed by atoms with Crippen molar-refractivity contribution in [3.8, 4) is 0 Å². The third kappa shape index (κ3) is 4.28. The molecule has 0 aliphatic rings. The first-order chi connectivity index (χ1) is 10.1. The van der Waals surface area contributed by atoms with E-state index < -0.39 is 0 Å². The zero-order valence-electron chi connectivity index (χ0n) is 12.1. The Balaban J connectivity index is 1.98. The summed E-state index contributed by atoms with van der Waals surface area (Å²) in [5.41, 5.74) is 3.00. The molecule has 0 radical (unpaired) electrons. The molecule has 0 unspecified atom stereocenters. The predicted octanol–water partition coefficient (Wildman–Crippen LogP) is 4.02. The highest BCUT2D eigenvalue weighted by Crippen LogP contribution is 2.13. The van der Waals surface area contributed by atoms with Gasteiger partial charge in [0.15, 0.2) is 0 Å². The fourth-order valence-electron chi connectivity index (χ4n) is 2.04. The summed E-state index contributed by atoms with van der Waals surface area (Å²) in [6.45, 7) is 3.87. The topological polar surface area (TPSA) is 29.1 Å². The lowest BCUT2D eigenvalue weighted by Gasteiger charge is -2.12. The number of halogens is 1. The van der Waals surface area contributed by atoms with E-state index in [4.69, 9.17) is 0 Å². The highest BCUT2D eigenvalue weighted by molar-refractivity contribution is 5.92. The summed E-state index contributed by atoms with van der Waals surface area (Å²) in [5, 5.41) is 2.86.